The lowest BCUT2D eigenvalue weighted by Gasteiger charge is -2.02. The van der Waals surface area contributed by atoms with Crippen molar-refractivity contribution in [2.75, 3.05) is 7.11 Å². The van der Waals surface area contributed by atoms with Gasteiger partial charge in [-0.25, -0.2) is 14.6 Å². The molecular formula is C13H12N2O4. The molecule has 0 spiro atoms. The molecule has 1 saturated carbocycles. The molecule has 3 rings (SSSR count). The van der Waals surface area contributed by atoms with Crippen molar-refractivity contribution in [2.45, 2.75) is 18.8 Å². The Kier molecular flexibility index (Phi) is 2.51. The highest BCUT2D eigenvalue weighted by atomic mass is 16.5. The first-order chi connectivity index (χ1) is 9.11. The highest BCUT2D eigenvalue weighted by Crippen LogP contribution is 2.40. The Morgan fingerprint density at radius 3 is 2.79 bits per heavy atom. The number of rotatable bonds is 3. The maximum absolute atomic E-state index is 11.5. The van der Waals surface area contributed by atoms with Gasteiger partial charge in [-0.05, 0) is 25.0 Å². The Bertz CT molecular complexity index is 685. The number of pyridine rings is 1. The minimum atomic E-state index is -1.09. The van der Waals surface area contributed by atoms with Crippen molar-refractivity contribution in [3.63, 3.8) is 0 Å². The number of fused-ring (bicyclic) bond motifs is 1. The van der Waals surface area contributed by atoms with Gasteiger partial charge in [-0.1, -0.05) is 0 Å². The predicted molar refractivity (Wildman–Crippen MR) is 65.5 cm³/mol. The number of hydrogen-bond donors (Lipinski definition) is 1. The highest BCUT2D eigenvalue weighted by Gasteiger charge is 2.30. The van der Waals surface area contributed by atoms with E-state index < -0.39 is 11.9 Å². The zero-order valence-corrected chi connectivity index (χ0v) is 10.3. The first-order valence-corrected chi connectivity index (χ1v) is 5.95. The van der Waals surface area contributed by atoms with Gasteiger partial charge in [0.1, 0.15) is 5.82 Å². The summed E-state index contributed by atoms with van der Waals surface area (Å²) in [6.45, 7) is 0. The minimum absolute atomic E-state index is 0.0207. The summed E-state index contributed by atoms with van der Waals surface area (Å²) in [5.74, 6) is -0.507. The van der Waals surface area contributed by atoms with Gasteiger partial charge in [-0.2, -0.15) is 0 Å². The van der Waals surface area contributed by atoms with Gasteiger partial charge in [-0.15, -0.1) is 0 Å². The lowest BCUT2D eigenvalue weighted by atomic mass is 10.2. The van der Waals surface area contributed by atoms with Gasteiger partial charge >= 0.3 is 11.9 Å². The van der Waals surface area contributed by atoms with E-state index in [0.29, 0.717) is 17.0 Å². The van der Waals surface area contributed by atoms with E-state index in [2.05, 4.69) is 9.72 Å². The van der Waals surface area contributed by atoms with E-state index in [9.17, 15) is 14.7 Å². The van der Waals surface area contributed by atoms with Gasteiger partial charge in [0.25, 0.3) is 0 Å². The number of nitrogens with zero attached hydrogens (tertiary/aromatic N) is 2. The van der Waals surface area contributed by atoms with Gasteiger partial charge in [-0.3, -0.25) is 0 Å². The van der Waals surface area contributed by atoms with Crippen molar-refractivity contribution in [2.24, 2.45) is 0 Å². The van der Waals surface area contributed by atoms with Crippen LogP contribution in [0.3, 0.4) is 0 Å². The Balaban J connectivity index is 2.22. The number of methoxy groups -OCH3 is 1. The first kappa shape index (κ1) is 11.7. The number of aromatic carboxylic acids is 1. The number of imidazole rings is 1. The smallest absolute Gasteiger partial charge is 0.356 e. The SMILES string of the molecule is COC(=O)c1ccn2c(C3CC3)nc(C(=O)O)c2c1. The number of ether oxygens (including phenoxy) is 1. The number of carboxylic acid groups (broad SMARTS) is 1. The number of carbonyl (C=O) groups is 2. The summed E-state index contributed by atoms with van der Waals surface area (Å²) < 4.78 is 6.38. The molecule has 2 aromatic rings. The molecule has 98 valence electrons. The number of hydrogen-bond acceptors (Lipinski definition) is 4. The Labute approximate surface area is 108 Å². The number of carbonyl (C=O) groups excluding carboxylic acids is 1. The third-order valence-electron chi connectivity index (χ3n) is 3.24. The molecular weight excluding hydrogens is 248 g/mol. The van der Waals surface area contributed by atoms with Crippen LogP contribution in [0.5, 0.6) is 0 Å². The standard InChI is InChI=1S/C13H12N2O4/c1-19-13(18)8-4-5-15-9(6-8)10(12(16)17)14-11(15)7-2-3-7/h4-7H,2-3H2,1H3,(H,16,17). The summed E-state index contributed by atoms with van der Waals surface area (Å²) in [7, 11) is 1.29. The summed E-state index contributed by atoms with van der Waals surface area (Å²) in [4.78, 5) is 26.9. The van der Waals surface area contributed by atoms with Crippen LogP contribution in [0.25, 0.3) is 5.52 Å². The summed E-state index contributed by atoms with van der Waals surface area (Å²) in [5.41, 5.74) is 0.727. The van der Waals surface area contributed by atoms with E-state index in [4.69, 9.17) is 0 Å². The van der Waals surface area contributed by atoms with Crippen molar-refractivity contribution in [3.05, 3.63) is 35.4 Å². The highest BCUT2D eigenvalue weighted by molar-refractivity contribution is 5.97. The van der Waals surface area contributed by atoms with Crippen LogP contribution in [0.15, 0.2) is 18.3 Å². The van der Waals surface area contributed by atoms with E-state index >= 15 is 0 Å². The van der Waals surface area contributed by atoms with E-state index in [1.165, 1.54) is 13.2 Å². The summed E-state index contributed by atoms with van der Waals surface area (Å²) >= 11 is 0. The Morgan fingerprint density at radius 1 is 1.47 bits per heavy atom. The van der Waals surface area contributed by atoms with Crippen molar-refractivity contribution >= 4 is 17.5 Å². The molecule has 1 aliphatic carbocycles. The quantitative estimate of drug-likeness (QED) is 0.849. The van der Waals surface area contributed by atoms with Gasteiger partial charge in [0.15, 0.2) is 5.69 Å². The fourth-order valence-electron chi connectivity index (χ4n) is 2.14. The maximum atomic E-state index is 11.5. The number of carboxylic acids is 1. The average molecular weight is 260 g/mol. The van der Waals surface area contributed by atoms with E-state index in [1.807, 2.05) is 0 Å². The van der Waals surface area contributed by atoms with Crippen LogP contribution in [-0.4, -0.2) is 33.5 Å². The molecule has 6 nitrogen and oxygen atoms in total. The van der Waals surface area contributed by atoms with Crippen LogP contribution in [0.2, 0.25) is 0 Å². The summed E-state index contributed by atoms with van der Waals surface area (Å²) in [5, 5.41) is 9.19. The molecule has 19 heavy (non-hydrogen) atoms. The van der Waals surface area contributed by atoms with Crippen LogP contribution < -0.4 is 0 Å². The Hall–Kier alpha value is -2.37. The number of esters is 1. The molecule has 2 heterocycles. The molecule has 0 amide bonds. The van der Waals surface area contributed by atoms with Crippen LogP contribution >= 0.6 is 0 Å². The second kappa shape index (κ2) is 4.08. The van der Waals surface area contributed by atoms with E-state index in [0.717, 1.165) is 18.7 Å². The molecule has 1 fully saturated rings. The zero-order valence-electron chi connectivity index (χ0n) is 10.3. The molecule has 2 aromatic heterocycles. The predicted octanol–water partition coefficient (Wildman–Crippen LogP) is 1.70. The second-order valence-corrected chi connectivity index (χ2v) is 4.56. The molecule has 0 aliphatic heterocycles. The molecule has 6 heteroatoms. The fraction of sp³-hybridized carbons (Fsp3) is 0.308. The van der Waals surface area contributed by atoms with Crippen LogP contribution in [0.1, 0.15) is 45.4 Å². The molecule has 0 aromatic carbocycles. The molecule has 1 N–H and O–H groups in total. The van der Waals surface area contributed by atoms with Gasteiger partial charge < -0.3 is 14.2 Å². The van der Waals surface area contributed by atoms with Gasteiger partial charge in [0, 0.05) is 12.1 Å². The van der Waals surface area contributed by atoms with Gasteiger partial charge in [0.05, 0.1) is 18.2 Å². The van der Waals surface area contributed by atoms with Crippen molar-refractivity contribution in [3.8, 4) is 0 Å². The first-order valence-electron chi connectivity index (χ1n) is 5.95. The number of aromatic nitrogens is 2. The molecule has 0 radical (unpaired) electrons. The third-order valence-corrected chi connectivity index (χ3v) is 3.24. The van der Waals surface area contributed by atoms with Crippen molar-refractivity contribution in [1.29, 1.82) is 0 Å². The normalized spacial score (nSPS) is 14.6. The zero-order chi connectivity index (χ0) is 13.6. The second-order valence-electron chi connectivity index (χ2n) is 4.56. The monoisotopic (exact) mass is 260 g/mol. The largest absolute Gasteiger partial charge is 0.476 e. The molecule has 0 bridgehead atoms. The fourth-order valence-corrected chi connectivity index (χ4v) is 2.14. The lowest BCUT2D eigenvalue weighted by Crippen LogP contribution is -2.03. The Morgan fingerprint density at radius 2 is 2.21 bits per heavy atom. The summed E-state index contributed by atoms with van der Waals surface area (Å²) in [6, 6.07) is 3.12. The van der Waals surface area contributed by atoms with Crippen LogP contribution in [0.4, 0.5) is 0 Å². The summed E-state index contributed by atoms with van der Waals surface area (Å²) in [6.07, 6.45) is 3.72. The molecule has 0 atom stereocenters. The van der Waals surface area contributed by atoms with Crippen molar-refractivity contribution < 1.29 is 19.4 Å². The van der Waals surface area contributed by atoms with Gasteiger partial charge in [0.2, 0.25) is 0 Å². The minimum Gasteiger partial charge on any atom is -0.476 e. The van der Waals surface area contributed by atoms with Crippen LogP contribution in [0, 0.1) is 0 Å². The molecule has 1 aliphatic rings. The van der Waals surface area contributed by atoms with Crippen LogP contribution in [-0.2, 0) is 4.74 Å². The third kappa shape index (κ3) is 1.85. The molecule has 0 saturated heterocycles. The molecule has 0 unspecified atom stereocenters. The maximum Gasteiger partial charge on any atom is 0.356 e. The topological polar surface area (TPSA) is 80.9 Å². The average Bonchev–Trinajstić information content (AvgIpc) is 3.17. The lowest BCUT2D eigenvalue weighted by molar-refractivity contribution is 0.0599. The van der Waals surface area contributed by atoms with E-state index in [1.54, 1.807) is 16.7 Å². The van der Waals surface area contributed by atoms with E-state index in [-0.39, 0.29) is 5.69 Å². The van der Waals surface area contributed by atoms with Crippen molar-refractivity contribution in [1.82, 2.24) is 9.38 Å².